The SMILES string of the molecule is N#C/C(=C(/N)Sc1ccccc1N)c1cccc(C(O)c2ccc(C#N)cc2)c1. The van der Waals surface area contributed by atoms with Crippen LogP contribution < -0.4 is 11.5 Å². The predicted octanol–water partition coefficient (Wildman–Crippen LogP) is 4.17. The first-order valence-corrected chi connectivity index (χ1v) is 9.55. The van der Waals surface area contributed by atoms with Gasteiger partial charge in [-0.3, -0.25) is 0 Å². The Hall–Kier alpha value is -3.71. The number of nitrogens with two attached hydrogens (primary N) is 2. The topological polar surface area (TPSA) is 120 Å². The molecule has 0 aliphatic heterocycles. The van der Waals surface area contributed by atoms with Crippen LogP contribution in [0.1, 0.15) is 28.4 Å². The van der Waals surface area contributed by atoms with E-state index >= 15 is 0 Å². The largest absolute Gasteiger partial charge is 0.398 e. The summed E-state index contributed by atoms with van der Waals surface area (Å²) in [6.45, 7) is 0. The van der Waals surface area contributed by atoms with E-state index in [0.717, 1.165) is 4.90 Å². The van der Waals surface area contributed by atoms with Crippen molar-refractivity contribution >= 4 is 23.0 Å². The van der Waals surface area contributed by atoms with Gasteiger partial charge in [0, 0.05) is 10.6 Å². The number of benzene rings is 3. The molecule has 0 aromatic heterocycles. The Morgan fingerprint density at radius 3 is 2.31 bits per heavy atom. The zero-order chi connectivity index (χ0) is 20.8. The summed E-state index contributed by atoms with van der Waals surface area (Å²) >= 11 is 1.23. The van der Waals surface area contributed by atoms with E-state index < -0.39 is 6.10 Å². The number of thioether (sulfide) groups is 1. The van der Waals surface area contributed by atoms with Crippen molar-refractivity contribution in [2.45, 2.75) is 11.0 Å². The second-order valence-corrected chi connectivity index (χ2v) is 7.34. The smallest absolute Gasteiger partial charge is 0.104 e. The van der Waals surface area contributed by atoms with Crippen LogP contribution in [0.2, 0.25) is 0 Å². The summed E-state index contributed by atoms with van der Waals surface area (Å²) in [5.41, 5.74) is 15.5. The number of aliphatic hydroxyl groups is 1. The minimum atomic E-state index is -0.888. The van der Waals surface area contributed by atoms with Crippen molar-refractivity contribution in [2.24, 2.45) is 5.73 Å². The third-order valence-electron chi connectivity index (χ3n) is 4.34. The number of hydrogen-bond donors (Lipinski definition) is 3. The Bertz CT molecular complexity index is 1140. The monoisotopic (exact) mass is 398 g/mol. The summed E-state index contributed by atoms with van der Waals surface area (Å²) in [6.07, 6.45) is -0.888. The third kappa shape index (κ3) is 4.59. The van der Waals surface area contributed by atoms with Gasteiger partial charge in [0.05, 0.1) is 22.2 Å². The zero-order valence-electron chi connectivity index (χ0n) is 15.4. The van der Waals surface area contributed by atoms with Crippen LogP contribution in [-0.4, -0.2) is 5.11 Å². The lowest BCUT2D eigenvalue weighted by molar-refractivity contribution is 0.220. The van der Waals surface area contributed by atoms with Crippen molar-refractivity contribution in [1.29, 1.82) is 10.5 Å². The van der Waals surface area contributed by atoms with Crippen LogP contribution in [0.5, 0.6) is 0 Å². The maximum absolute atomic E-state index is 10.7. The molecule has 29 heavy (non-hydrogen) atoms. The maximum Gasteiger partial charge on any atom is 0.104 e. The van der Waals surface area contributed by atoms with Gasteiger partial charge in [-0.1, -0.05) is 54.2 Å². The highest BCUT2D eigenvalue weighted by atomic mass is 32.2. The molecule has 1 atom stereocenters. The van der Waals surface area contributed by atoms with E-state index in [9.17, 15) is 10.4 Å². The van der Waals surface area contributed by atoms with Crippen molar-refractivity contribution in [3.63, 3.8) is 0 Å². The van der Waals surface area contributed by atoms with Gasteiger partial charge in [-0.15, -0.1) is 0 Å². The van der Waals surface area contributed by atoms with E-state index in [-0.39, 0.29) is 0 Å². The van der Waals surface area contributed by atoms with Gasteiger partial charge >= 0.3 is 0 Å². The Morgan fingerprint density at radius 2 is 1.66 bits per heavy atom. The van der Waals surface area contributed by atoms with E-state index in [1.165, 1.54) is 11.8 Å². The second-order valence-electron chi connectivity index (χ2n) is 6.25. The molecule has 0 aliphatic carbocycles. The third-order valence-corrected chi connectivity index (χ3v) is 5.36. The van der Waals surface area contributed by atoms with E-state index in [4.69, 9.17) is 16.7 Å². The van der Waals surface area contributed by atoms with Crippen LogP contribution in [0, 0.1) is 22.7 Å². The van der Waals surface area contributed by atoms with Gasteiger partial charge in [0.2, 0.25) is 0 Å². The molecule has 3 aromatic carbocycles. The molecule has 0 heterocycles. The summed E-state index contributed by atoms with van der Waals surface area (Å²) in [5.74, 6) is 0. The normalized spacial score (nSPS) is 12.4. The van der Waals surface area contributed by atoms with Crippen LogP contribution in [0.15, 0.2) is 82.7 Å². The zero-order valence-corrected chi connectivity index (χ0v) is 16.2. The summed E-state index contributed by atoms with van der Waals surface area (Å²) in [7, 11) is 0. The number of anilines is 1. The standard InChI is InChI=1S/C23H18N4OS/c24-13-15-8-10-16(11-9-15)22(28)18-5-3-4-17(12-18)19(14-25)23(27)29-21-7-2-1-6-20(21)26/h1-12,22,28H,26-27H2/b23-19+. The first kappa shape index (κ1) is 20.0. The van der Waals surface area contributed by atoms with Crippen LogP contribution in [0.4, 0.5) is 5.69 Å². The number of nitriles is 2. The maximum atomic E-state index is 10.7. The van der Waals surface area contributed by atoms with Crippen molar-refractivity contribution < 1.29 is 5.11 Å². The molecule has 5 N–H and O–H groups in total. The van der Waals surface area contributed by atoms with Gasteiger partial charge in [-0.2, -0.15) is 10.5 Å². The minimum Gasteiger partial charge on any atom is -0.398 e. The Morgan fingerprint density at radius 1 is 0.931 bits per heavy atom. The minimum absolute atomic E-state index is 0.312. The fraction of sp³-hybridized carbons (Fsp3) is 0.0435. The number of nitrogen functional groups attached to an aromatic ring is 1. The van der Waals surface area contributed by atoms with Crippen molar-refractivity contribution in [1.82, 2.24) is 0 Å². The molecule has 3 rings (SSSR count). The van der Waals surface area contributed by atoms with Crippen molar-refractivity contribution in [3.8, 4) is 12.1 Å². The molecule has 0 radical (unpaired) electrons. The molecule has 1 unspecified atom stereocenters. The van der Waals surface area contributed by atoms with Crippen molar-refractivity contribution in [2.75, 3.05) is 5.73 Å². The average Bonchev–Trinajstić information content (AvgIpc) is 2.75. The molecule has 3 aromatic rings. The van der Waals surface area contributed by atoms with E-state index in [2.05, 4.69) is 12.1 Å². The molecule has 0 bridgehead atoms. The Balaban J connectivity index is 1.93. The lowest BCUT2D eigenvalue weighted by atomic mass is 9.97. The van der Waals surface area contributed by atoms with Crippen LogP contribution in [0.25, 0.3) is 5.57 Å². The first-order valence-electron chi connectivity index (χ1n) is 8.74. The Labute approximate surface area is 173 Å². The summed E-state index contributed by atoms with van der Waals surface area (Å²) in [5, 5.41) is 29.6. The van der Waals surface area contributed by atoms with Gasteiger partial charge in [-0.05, 0) is 47.0 Å². The molecule has 0 aliphatic rings. The molecular formula is C23H18N4OS. The van der Waals surface area contributed by atoms with Gasteiger partial charge < -0.3 is 16.6 Å². The fourth-order valence-electron chi connectivity index (χ4n) is 2.80. The molecule has 0 saturated heterocycles. The molecule has 5 nitrogen and oxygen atoms in total. The lowest BCUT2D eigenvalue weighted by Gasteiger charge is -2.13. The van der Waals surface area contributed by atoms with Crippen LogP contribution in [-0.2, 0) is 0 Å². The first-order chi connectivity index (χ1) is 14.0. The molecule has 6 heteroatoms. The highest BCUT2D eigenvalue weighted by Gasteiger charge is 2.14. The highest BCUT2D eigenvalue weighted by molar-refractivity contribution is 8.03. The van der Waals surface area contributed by atoms with Gasteiger partial charge in [0.1, 0.15) is 12.2 Å². The van der Waals surface area contributed by atoms with Crippen LogP contribution >= 0.6 is 11.8 Å². The molecule has 0 fully saturated rings. The van der Waals surface area contributed by atoms with Gasteiger partial charge in [-0.25, -0.2) is 0 Å². The van der Waals surface area contributed by atoms with Crippen LogP contribution in [0.3, 0.4) is 0 Å². The Kier molecular flexibility index (Phi) is 6.21. The summed E-state index contributed by atoms with van der Waals surface area (Å²) in [6, 6.07) is 25.3. The molecular weight excluding hydrogens is 380 g/mol. The van der Waals surface area contributed by atoms with Crippen molar-refractivity contribution in [3.05, 3.63) is 100 Å². The molecule has 0 spiro atoms. The number of aliphatic hydroxyl groups excluding tert-OH is 1. The second kappa shape index (κ2) is 8.99. The molecule has 0 saturated carbocycles. The number of nitrogens with zero attached hydrogens (tertiary/aromatic N) is 2. The number of hydrogen-bond acceptors (Lipinski definition) is 6. The quantitative estimate of drug-likeness (QED) is 0.337. The predicted molar refractivity (Wildman–Crippen MR) is 115 cm³/mol. The summed E-state index contributed by atoms with van der Waals surface area (Å²) < 4.78 is 0. The number of allylic oxidation sites excluding steroid dienone is 1. The summed E-state index contributed by atoms with van der Waals surface area (Å²) in [4.78, 5) is 0.770. The van der Waals surface area contributed by atoms with Gasteiger partial charge in [0.15, 0.2) is 0 Å². The van der Waals surface area contributed by atoms with E-state index in [1.807, 2.05) is 18.2 Å². The number of para-hydroxylation sites is 1. The van der Waals surface area contributed by atoms with E-state index in [0.29, 0.717) is 38.5 Å². The highest BCUT2D eigenvalue weighted by Crippen LogP contribution is 2.33. The van der Waals surface area contributed by atoms with Gasteiger partial charge in [0.25, 0.3) is 0 Å². The fourth-order valence-corrected chi connectivity index (χ4v) is 3.64. The lowest BCUT2D eigenvalue weighted by Crippen LogP contribution is -2.02. The number of rotatable bonds is 5. The molecule has 142 valence electrons. The molecule has 0 amide bonds. The van der Waals surface area contributed by atoms with E-state index in [1.54, 1.807) is 54.6 Å². The average molecular weight is 398 g/mol.